The van der Waals surface area contributed by atoms with Gasteiger partial charge in [0, 0.05) is 25.0 Å². The Morgan fingerprint density at radius 3 is 2.36 bits per heavy atom. The lowest BCUT2D eigenvalue weighted by Crippen LogP contribution is -2.42. The molecule has 2 aromatic rings. The molecule has 1 aliphatic rings. The van der Waals surface area contributed by atoms with E-state index in [1.165, 1.54) is 18.2 Å². The van der Waals surface area contributed by atoms with Crippen LogP contribution in [0.4, 0.5) is 18.9 Å². The Morgan fingerprint density at radius 1 is 1.11 bits per heavy atom. The number of carbonyl (C=O) groups is 1. The highest BCUT2D eigenvalue weighted by atomic mass is 35.5. The number of nitrogens with one attached hydrogen (secondary N) is 1. The van der Waals surface area contributed by atoms with Crippen molar-refractivity contribution in [3.05, 3.63) is 65.7 Å². The number of benzene rings is 2. The fourth-order valence-electron chi connectivity index (χ4n) is 3.47. The van der Waals surface area contributed by atoms with Crippen molar-refractivity contribution in [1.29, 1.82) is 0 Å². The van der Waals surface area contributed by atoms with Crippen LogP contribution in [0.3, 0.4) is 0 Å². The summed E-state index contributed by atoms with van der Waals surface area (Å²) in [5.41, 5.74) is 6.26. The fourth-order valence-corrected chi connectivity index (χ4v) is 3.47. The highest BCUT2D eigenvalue weighted by Gasteiger charge is 2.37. The molecule has 0 saturated carbocycles. The fraction of sp³-hybridized carbons (Fsp3) is 0.350. The van der Waals surface area contributed by atoms with Gasteiger partial charge in [0.05, 0.1) is 17.3 Å². The maximum absolute atomic E-state index is 13.1. The van der Waals surface area contributed by atoms with Gasteiger partial charge in [-0.25, -0.2) is 0 Å². The van der Waals surface area contributed by atoms with Crippen molar-refractivity contribution in [1.82, 2.24) is 4.90 Å². The van der Waals surface area contributed by atoms with Crippen LogP contribution in [0.15, 0.2) is 54.6 Å². The predicted molar refractivity (Wildman–Crippen MR) is 106 cm³/mol. The molecule has 8 heteroatoms. The second kappa shape index (κ2) is 8.94. The van der Waals surface area contributed by atoms with Crippen molar-refractivity contribution in [3.63, 3.8) is 0 Å². The molecule has 0 spiro atoms. The summed E-state index contributed by atoms with van der Waals surface area (Å²) in [6.45, 7) is 2.78. The highest BCUT2D eigenvalue weighted by Crippen LogP contribution is 2.35. The number of likely N-dealkylation sites (tertiary alicyclic amines) is 1. The number of rotatable bonds is 4. The van der Waals surface area contributed by atoms with Crippen molar-refractivity contribution in [2.24, 2.45) is 5.73 Å². The molecule has 4 nitrogen and oxygen atoms in total. The van der Waals surface area contributed by atoms with Gasteiger partial charge in [-0.2, -0.15) is 13.2 Å². The van der Waals surface area contributed by atoms with Crippen LogP contribution in [0, 0.1) is 0 Å². The smallest absolute Gasteiger partial charge is 0.326 e. The molecule has 1 amide bonds. The average Bonchev–Trinajstić information content (AvgIpc) is 3.03. The van der Waals surface area contributed by atoms with Gasteiger partial charge in [-0.05, 0) is 24.6 Å². The minimum absolute atomic E-state index is 0. The van der Waals surface area contributed by atoms with E-state index in [1.807, 2.05) is 35.2 Å². The number of anilines is 1. The first-order chi connectivity index (χ1) is 12.8. The summed E-state index contributed by atoms with van der Waals surface area (Å²) in [5, 5.41) is 2.42. The monoisotopic (exact) mass is 413 g/mol. The van der Waals surface area contributed by atoms with Crippen LogP contribution in [-0.4, -0.2) is 36.0 Å². The topological polar surface area (TPSA) is 58.4 Å². The van der Waals surface area contributed by atoms with Gasteiger partial charge in [-0.1, -0.05) is 42.5 Å². The molecule has 0 bridgehead atoms. The zero-order valence-electron chi connectivity index (χ0n) is 15.3. The van der Waals surface area contributed by atoms with E-state index in [9.17, 15) is 18.0 Å². The van der Waals surface area contributed by atoms with E-state index in [-0.39, 0.29) is 30.1 Å². The maximum Gasteiger partial charge on any atom is 0.418 e. The maximum atomic E-state index is 13.1. The molecule has 1 unspecified atom stereocenters. The van der Waals surface area contributed by atoms with E-state index in [4.69, 9.17) is 5.73 Å². The molecule has 1 aliphatic heterocycles. The van der Waals surface area contributed by atoms with Crippen molar-refractivity contribution in [2.75, 3.05) is 18.4 Å². The number of alkyl halides is 3. The first kappa shape index (κ1) is 22.2. The molecule has 1 fully saturated rings. The zero-order valence-corrected chi connectivity index (χ0v) is 16.1. The molecule has 28 heavy (non-hydrogen) atoms. The third kappa shape index (κ3) is 4.84. The van der Waals surface area contributed by atoms with Gasteiger partial charge in [0.25, 0.3) is 0 Å². The number of nitrogens with two attached hydrogens (primary N) is 1. The predicted octanol–water partition coefficient (Wildman–Crippen LogP) is 3.88. The quantitative estimate of drug-likeness (QED) is 0.799. The van der Waals surface area contributed by atoms with E-state index in [1.54, 1.807) is 6.92 Å². The van der Waals surface area contributed by atoms with Crippen molar-refractivity contribution >= 4 is 24.0 Å². The Kier molecular flexibility index (Phi) is 7.09. The summed E-state index contributed by atoms with van der Waals surface area (Å²) in [5.74, 6) is -0.392. The Labute approximate surface area is 168 Å². The second-order valence-electron chi connectivity index (χ2n) is 6.84. The van der Waals surface area contributed by atoms with E-state index in [0.717, 1.165) is 11.6 Å². The summed E-state index contributed by atoms with van der Waals surface area (Å²) in [7, 11) is 0. The molecular formula is C20H23ClF3N3O. The molecule has 2 aromatic carbocycles. The average molecular weight is 414 g/mol. The third-order valence-corrected chi connectivity index (χ3v) is 5.04. The molecule has 1 heterocycles. The van der Waals surface area contributed by atoms with E-state index in [2.05, 4.69) is 5.32 Å². The van der Waals surface area contributed by atoms with Crippen LogP contribution in [0.25, 0.3) is 0 Å². The summed E-state index contributed by atoms with van der Waals surface area (Å²) in [6, 6.07) is 14.1. The van der Waals surface area contributed by atoms with Crippen LogP contribution in [0.5, 0.6) is 0 Å². The van der Waals surface area contributed by atoms with Crippen LogP contribution >= 0.6 is 12.4 Å². The van der Waals surface area contributed by atoms with E-state index < -0.39 is 23.7 Å². The van der Waals surface area contributed by atoms with Gasteiger partial charge in [0.15, 0.2) is 0 Å². The summed E-state index contributed by atoms with van der Waals surface area (Å²) in [4.78, 5) is 14.5. The first-order valence-electron chi connectivity index (χ1n) is 8.79. The van der Waals surface area contributed by atoms with Crippen LogP contribution in [-0.2, 0) is 11.0 Å². The van der Waals surface area contributed by atoms with Gasteiger partial charge in [-0.15, -0.1) is 12.4 Å². The molecule has 0 radical (unpaired) electrons. The summed E-state index contributed by atoms with van der Waals surface area (Å²) < 4.78 is 39.3. The lowest BCUT2D eigenvalue weighted by molar-refractivity contribution is -0.137. The van der Waals surface area contributed by atoms with Crippen molar-refractivity contribution in [3.8, 4) is 0 Å². The lowest BCUT2D eigenvalue weighted by Gasteiger charge is -2.24. The molecule has 3 rings (SSSR count). The number of hydrogen-bond donors (Lipinski definition) is 2. The largest absolute Gasteiger partial charge is 0.418 e. The van der Waals surface area contributed by atoms with Crippen molar-refractivity contribution in [2.45, 2.75) is 31.1 Å². The van der Waals surface area contributed by atoms with Gasteiger partial charge < -0.3 is 11.1 Å². The minimum Gasteiger partial charge on any atom is -0.326 e. The number of nitrogens with zero attached hydrogens (tertiary/aromatic N) is 1. The molecule has 1 saturated heterocycles. The van der Waals surface area contributed by atoms with Crippen molar-refractivity contribution < 1.29 is 18.0 Å². The molecule has 152 valence electrons. The molecule has 0 aromatic heterocycles. The standard InChI is InChI=1S/C20H22F3N3O.ClH/c1-13(19(27)25-18-10-6-5-9-16(18)20(21,22)23)26-11-15(17(24)12-26)14-7-3-2-4-8-14;/h2-10,13,15,17H,11-12,24H2,1H3,(H,25,27);1H/t13?,15-,17+;/m0./s1. The number of hydrogen-bond acceptors (Lipinski definition) is 3. The van der Waals surface area contributed by atoms with Gasteiger partial charge in [0.1, 0.15) is 0 Å². The van der Waals surface area contributed by atoms with Gasteiger partial charge in [-0.3, -0.25) is 9.69 Å². The van der Waals surface area contributed by atoms with Gasteiger partial charge in [0.2, 0.25) is 5.91 Å². The number of para-hydroxylation sites is 1. The number of amides is 1. The molecular weight excluding hydrogens is 391 g/mol. The van der Waals surface area contributed by atoms with Crippen LogP contribution in [0.1, 0.15) is 24.0 Å². The highest BCUT2D eigenvalue weighted by molar-refractivity contribution is 5.95. The molecule has 0 aliphatic carbocycles. The summed E-state index contributed by atoms with van der Waals surface area (Å²) in [6.07, 6.45) is -4.53. The normalized spacial score (nSPS) is 21.0. The summed E-state index contributed by atoms with van der Waals surface area (Å²) >= 11 is 0. The van der Waals surface area contributed by atoms with Crippen LogP contribution < -0.4 is 11.1 Å². The Morgan fingerprint density at radius 2 is 1.71 bits per heavy atom. The van der Waals surface area contributed by atoms with Crippen LogP contribution in [0.2, 0.25) is 0 Å². The number of halogens is 4. The third-order valence-electron chi connectivity index (χ3n) is 5.04. The van der Waals surface area contributed by atoms with E-state index in [0.29, 0.717) is 13.1 Å². The number of carbonyl (C=O) groups excluding carboxylic acids is 1. The Hall–Kier alpha value is -2.09. The van der Waals surface area contributed by atoms with E-state index >= 15 is 0 Å². The zero-order chi connectivity index (χ0) is 19.6. The Balaban J connectivity index is 0.00000280. The molecule has 3 atom stereocenters. The molecule has 3 N–H and O–H groups in total. The first-order valence-corrected chi connectivity index (χ1v) is 8.79. The van der Waals surface area contributed by atoms with Gasteiger partial charge >= 0.3 is 6.18 Å². The Bertz CT molecular complexity index is 801. The lowest BCUT2D eigenvalue weighted by atomic mass is 9.95. The minimum atomic E-state index is -4.53. The SMILES string of the molecule is CC(C(=O)Nc1ccccc1C(F)(F)F)N1C[C@@H](N)[C@H](c2ccccc2)C1.Cl. The second-order valence-corrected chi connectivity index (χ2v) is 6.84.